The first-order chi connectivity index (χ1) is 10.1. The molecule has 0 fully saturated rings. The van der Waals surface area contributed by atoms with E-state index in [2.05, 4.69) is 43.3 Å². The Labute approximate surface area is 139 Å². The molecule has 0 spiro atoms. The van der Waals surface area contributed by atoms with E-state index in [4.69, 9.17) is 9.47 Å². The first-order valence-electron chi connectivity index (χ1n) is 7.71. The Morgan fingerprint density at radius 2 is 2.00 bits per heavy atom. The molecule has 0 N–H and O–H groups in total. The van der Waals surface area contributed by atoms with Crippen LogP contribution in [0.1, 0.15) is 32.0 Å². The van der Waals surface area contributed by atoms with Crippen LogP contribution in [0.4, 0.5) is 0 Å². The van der Waals surface area contributed by atoms with Gasteiger partial charge in [-0.25, -0.2) is 4.98 Å². The quantitative estimate of drug-likeness (QED) is 0.717. The summed E-state index contributed by atoms with van der Waals surface area (Å²) in [6, 6.07) is 2.07. The average molecular weight is 327 g/mol. The summed E-state index contributed by atoms with van der Waals surface area (Å²) in [5, 5.41) is 1.22. The van der Waals surface area contributed by atoms with Gasteiger partial charge in [0.25, 0.3) is 0 Å². The molecule has 0 unspecified atom stereocenters. The van der Waals surface area contributed by atoms with Gasteiger partial charge in [0.15, 0.2) is 0 Å². The van der Waals surface area contributed by atoms with Gasteiger partial charge in [-0.05, 0) is 38.3 Å². The molecule has 0 aliphatic carbocycles. The van der Waals surface area contributed by atoms with E-state index >= 15 is 0 Å². The molecule has 4 nitrogen and oxygen atoms in total. The maximum absolute atomic E-state index is 5.92. The van der Waals surface area contributed by atoms with Crippen LogP contribution in [0.5, 0.6) is 5.88 Å². The Hall–Kier alpha value is -1.26. The van der Waals surface area contributed by atoms with Crippen molar-refractivity contribution in [2.24, 2.45) is 5.92 Å². The van der Waals surface area contributed by atoms with E-state index < -0.39 is 0 Å². The Kier molecular flexibility index (Phi) is 7.17. The Morgan fingerprint density at radius 3 is 2.64 bits per heavy atom. The van der Waals surface area contributed by atoms with Crippen molar-refractivity contribution in [2.45, 2.75) is 41.2 Å². The van der Waals surface area contributed by atoms with Crippen molar-refractivity contribution in [3.05, 3.63) is 23.5 Å². The van der Waals surface area contributed by atoms with Crippen molar-refractivity contribution in [2.75, 3.05) is 19.8 Å². The van der Waals surface area contributed by atoms with E-state index in [1.807, 2.05) is 13.1 Å². The van der Waals surface area contributed by atoms with E-state index in [1.165, 1.54) is 16.6 Å². The first-order valence-corrected chi connectivity index (χ1v) is 7.71. The van der Waals surface area contributed by atoms with Crippen LogP contribution in [-0.2, 0) is 11.3 Å². The maximum atomic E-state index is 5.92. The predicted octanol–water partition coefficient (Wildman–Crippen LogP) is 4.15. The third-order valence-corrected chi connectivity index (χ3v) is 3.73. The molecule has 0 bridgehead atoms. The van der Waals surface area contributed by atoms with Gasteiger partial charge in [-0.2, -0.15) is 0 Å². The minimum absolute atomic E-state index is 0. The number of hydrogen-bond acceptors (Lipinski definition) is 3. The van der Waals surface area contributed by atoms with E-state index in [9.17, 15) is 0 Å². The highest BCUT2D eigenvalue weighted by Gasteiger charge is 2.16. The van der Waals surface area contributed by atoms with Crippen LogP contribution >= 0.6 is 12.4 Å². The van der Waals surface area contributed by atoms with Gasteiger partial charge < -0.3 is 14.0 Å². The van der Waals surface area contributed by atoms with Crippen LogP contribution in [0.2, 0.25) is 0 Å². The highest BCUT2D eigenvalue weighted by atomic mass is 35.5. The minimum atomic E-state index is 0. The Bertz CT molecular complexity index is 608. The third kappa shape index (κ3) is 3.93. The monoisotopic (exact) mass is 326 g/mol. The zero-order valence-corrected chi connectivity index (χ0v) is 15.0. The number of pyridine rings is 1. The standard InChI is InChI=1S/C17H26N2O2.ClH/c1-6-20-10-9-19-14(5)13(4)15-7-8-18-17(16(15)19)21-11-12(2)3;/h7-8,12H,6,9-11H2,1-5H3;1H. The number of fused-ring (bicyclic) bond motifs is 1. The molecule has 5 heteroatoms. The summed E-state index contributed by atoms with van der Waals surface area (Å²) in [6.45, 7) is 13.6. The largest absolute Gasteiger partial charge is 0.476 e. The van der Waals surface area contributed by atoms with Gasteiger partial charge >= 0.3 is 0 Å². The van der Waals surface area contributed by atoms with Crippen molar-refractivity contribution in [3.63, 3.8) is 0 Å². The van der Waals surface area contributed by atoms with Gasteiger partial charge in [0.05, 0.1) is 13.2 Å². The smallest absolute Gasteiger partial charge is 0.238 e. The SMILES string of the molecule is CCOCCn1c(C)c(C)c2ccnc(OCC(C)C)c21.Cl. The van der Waals surface area contributed by atoms with Crippen LogP contribution in [0.15, 0.2) is 12.3 Å². The predicted molar refractivity (Wildman–Crippen MR) is 93.3 cm³/mol. The second-order valence-electron chi connectivity index (χ2n) is 5.78. The van der Waals surface area contributed by atoms with E-state index in [0.29, 0.717) is 19.1 Å². The summed E-state index contributed by atoms with van der Waals surface area (Å²) in [4.78, 5) is 4.44. The highest BCUT2D eigenvalue weighted by Crippen LogP contribution is 2.30. The average Bonchev–Trinajstić information content (AvgIpc) is 2.71. The molecule has 0 aromatic carbocycles. The number of nitrogens with zero attached hydrogens (tertiary/aromatic N) is 2. The number of aromatic nitrogens is 2. The number of aryl methyl sites for hydroxylation is 1. The molecule has 2 aromatic rings. The second-order valence-corrected chi connectivity index (χ2v) is 5.78. The third-order valence-electron chi connectivity index (χ3n) is 3.73. The fourth-order valence-electron chi connectivity index (χ4n) is 2.49. The maximum Gasteiger partial charge on any atom is 0.238 e. The summed E-state index contributed by atoms with van der Waals surface area (Å²) in [7, 11) is 0. The lowest BCUT2D eigenvalue weighted by Gasteiger charge is -2.13. The van der Waals surface area contributed by atoms with Crippen LogP contribution in [-0.4, -0.2) is 29.4 Å². The van der Waals surface area contributed by atoms with Crippen LogP contribution in [0.3, 0.4) is 0 Å². The number of ether oxygens (including phenoxy) is 2. The summed E-state index contributed by atoms with van der Waals surface area (Å²) in [5.74, 6) is 1.21. The van der Waals surface area contributed by atoms with Crippen LogP contribution < -0.4 is 4.74 Å². The lowest BCUT2D eigenvalue weighted by Crippen LogP contribution is -2.10. The fourth-order valence-corrected chi connectivity index (χ4v) is 2.49. The molecule has 124 valence electrons. The summed E-state index contributed by atoms with van der Waals surface area (Å²) >= 11 is 0. The molecule has 0 saturated carbocycles. The summed E-state index contributed by atoms with van der Waals surface area (Å²) in [5.41, 5.74) is 3.64. The minimum Gasteiger partial charge on any atom is -0.476 e. The molecular formula is C17H27ClN2O2. The molecule has 2 aromatic heterocycles. The first kappa shape index (κ1) is 18.8. The molecule has 22 heavy (non-hydrogen) atoms. The van der Waals surface area contributed by atoms with Crippen LogP contribution in [0.25, 0.3) is 10.9 Å². The number of rotatable bonds is 7. The molecule has 0 saturated heterocycles. The molecule has 2 rings (SSSR count). The molecule has 2 heterocycles. The van der Waals surface area contributed by atoms with Crippen molar-refractivity contribution in [1.82, 2.24) is 9.55 Å². The van der Waals surface area contributed by atoms with Gasteiger partial charge in [0.1, 0.15) is 5.52 Å². The van der Waals surface area contributed by atoms with Crippen molar-refractivity contribution < 1.29 is 9.47 Å². The fraction of sp³-hybridized carbons (Fsp3) is 0.588. The lowest BCUT2D eigenvalue weighted by atomic mass is 10.2. The highest BCUT2D eigenvalue weighted by molar-refractivity contribution is 5.88. The second kappa shape index (κ2) is 8.39. The van der Waals surface area contributed by atoms with Gasteiger partial charge in [-0.3, -0.25) is 0 Å². The van der Waals surface area contributed by atoms with E-state index in [1.54, 1.807) is 0 Å². The molecule has 0 aliphatic heterocycles. The summed E-state index contributed by atoms with van der Waals surface area (Å²) in [6.07, 6.45) is 1.83. The molecule has 0 amide bonds. The molecular weight excluding hydrogens is 300 g/mol. The van der Waals surface area contributed by atoms with E-state index in [0.717, 1.165) is 24.5 Å². The van der Waals surface area contributed by atoms with Gasteiger partial charge in [0, 0.05) is 30.4 Å². The zero-order valence-electron chi connectivity index (χ0n) is 14.2. The van der Waals surface area contributed by atoms with Gasteiger partial charge in [-0.1, -0.05) is 13.8 Å². The Morgan fingerprint density at radius 1 is 1.27 bits per heavy atom. The van der Waals surface area contributed by atoms with Crippen molar-refractivity contribution >= 4 is 23.3 Å². The molecule has 0 radical (unpaired) electrons. The number of halogens is 1. The lowest BCUT2D eigenvalue weighted by molar-refractivity contribution is 0.139. The summed E-state index contributed by atoms with van der Waals surface area (Å²) < 4.78 is 13.7. The van der Waals surface area contributed by atoms with Crippen molar-refractivity contribution in [1.29, 1.82) is 0 Å². The topological polar surface area (TPSA) is 36.3 Å². The molecule has 0 atom stereocenters. The van der Waals surface area contributed by atoms with Crippen LogP contribution in [0, 0.1) is 19.8 Å². The van der Waals surface area contributed by atoms with Crippen molar-refractivity contribution in [3.8, 4) is 5.88 Å². The van der Waals surface area contributed by atoms with Gasteiger partial charge in [-0.15, -0.1) is 12.4 Å². The normalized spacial score (nSPS) is 11.0. The Balaban J connectivity index is 0.00000242. The number of hydrogen-bond donors (Lipinski definition) is 0. The molecule has 0 aliphatic rings. The van der Waals surface area contributed by atoms with Gasteiger partial charge in [0.2, 0.25) is 5.88 Å². The van der Waals surface area contributed by atoms with E-state index in [-0.39, 0.29) is 12.4 Å². The zero-order chi connectivity index (χ0) is 15.4.